The molecule has 5 aliphatic carbocycles. The van der Waals surface area contributed by atoms with Crippen LogP contribution < -0.4 is 42.6 Å². The van der Waals surface area contributed by atoms with Gasteiger partial charge in [-0.3, -0.25) is 25.0 Å². The Morgan fingerprint density at radius 3 is 0.899 bits per heavy atom. The molecule has 0 atom stereocenters. The second-order valence-electron chi connectivity index (χ2n) is 28.9. The van der Waals surface area contributed by atoms with Crippen LogP contribution in [0.15, 0.2) is 243 Å². The summed E-state index contributed by atoms with van der Waals surface area (Å²) in [6.45, 7) is 4.91. The highest BCUT2D eigenvalue weighted by molar-refractivity contribution is 6.07. The number of aliphatic hydroxyl groups excluding tert-OH is 1. The van der Waals surface area contributed by atoms with Crippen LogP contribution in [0, 0.1) is 0 Å². The Bertz CT molecular complexity index is 5100. The Morgan fingerprint density at radius 2 is 0.580 bits per heavy atom. The highest BCUT2D eigenvalue weighted by Crippen LogP contribution is 2.35. The van der Waals surface area contributed by atoms with Crippen LogP contribution in [-0.2, 0) is 55.9 Å². The molecular formula is C99H109N5O15. The summed E-state index contributed by atoms with van der Waals surface area (Å²) in [5, 5.41) is 8.90. The third-order valence-electron chi connectivity index (χ3n) is 20.4. The van der Waals surface area contributed by atoms with Gasteiger partial charge in [0.25, 0.3) is 0 Å². The molecular weight excluding hydrogens is 1500 g/mol. The third-order valence-corrected chi connectivity index (χ3v) is 20.4. The van der Waals surface area contributed by atoms with Gasteiger partial charge in [-0.2, -0.15) is 0 Å². The number of carbonyl (C=O) groups is 2. The van der Waals surface area contributed by atoms with Crippen LogP contribution in [0.25, 0.3) is 0 Å². The fourth-order valence-corrected chi connectivity index (χ4v) is 14.3. The number of carbonyl (C=O) groups excluding carboxylic acids is 2. The second-order valence-corrected chi connectivity index (χ2v) is 28.9. The molecule has 620 valence electrons. The van der Waals surface area contributed by atoms with Crippen molar-refractivity contribution in [2.24, 2.45) is 25.0 Å². The first kappa shape index (κ1) is 87.4. The molecule has 20 nitrogen and oxygen atoms in total. The standard InChI is InChI=1S/C22H25NO4.C20H21NO4.C20H23NO3.C19H21NO3.C18H19NO/c1-15(2)27-22(24)14-26-19-10-7-16-5-4-6-21(20(16)13-19)23-17-8-11-18(25-3)12-9-17;1-23-16-10-7-15(8-11-16)21-19-5-3-4-14-6-9-17(12-18(14)19)25-13-20(22)24-2;1-22-12-13-24-18-9-6-15-4-3-5-20(19(15)14-18)21-16-7-10-17(23-2)11-8-16;1-22-16-9-6-15(7-10-16)20-19-4-2-3-14-5-8-17(13-18(14)19)23-12-11-21;1-20-16-12-10-15(11-13-16)19-18-9-5-3-7-14-6-2-4-8-17(14)18/h7-13,15H,4-6,14H2,1-3H3;6-12H,3-5,13H2,1-2H3;6-11,14H,3-5,12-13H2,1-2H3;5-10,13,21H,2-4,11-12H2,1H3;2,4,6,8,10-13H,3,5,7,9H2,1H3. The van der Waals surface area contributed by atoms with Crippen molar-refractivity contribution >= 4 is 68.9 Å². The number of fused-ring (bicyclic) bond motifs is 5. The number of hydrogen-bond donors (Lipinski definition) is 1. The molecule has 0 heterocycles. The van der Waals surface area contributed by atoms with Crippen LogP contribution in [0.5, 0.6) is 51.7 Å². The fraction of sp³-hybridized carbons (Fsp3) is 0.323. The number of hydrogen-bond acceptors (Lipinski definition) is 20. The van der Waals surface area contributed by atoms with E-state index in [2.05, 4.69) is 53.3 Å². The molecule has 10 aromatic rings. The van der Waals surface area contributed by atoms with Crippen LogP contribution in [0.1, 0.15) is 140 Å². The molecule has 119 heavy (non-hydrogen) atoms. The predicted molar refractivity (Wildman–Crippen MR) is 472 cm³/mol. The number of methoxy groups -OCH3 is 7. The van der Waals surface area contributed by atoms with Crippen molar-refractivity contribution in [3.63, 3.8) is 0 Å². The first-order valence-electron chi connectivity index (χ1n) is 40.8. The summed E-state index contributed by atoms with van der Waals surface area (Å²) in [4.78, 5) is 47.1. The van der Waals surface area contributed by atoms with Gasteiger partial charge >= 0.3 is 11.9 Å². The molecule has 0 aliphatic heterocycles. The maximum atomic E-state index is 11.7. The van der Waals surface area contributed by atoms with Crippen molar-refractivity contribution < 1.29 is 71.5 Å². The van der Waals surface area contributed by atoms with Gasteiger partial charge in [-0.05, 0) is 320 Å². The zero-order valence-corrected chi connectivity index (χ0v) is 69.8. The lowest BCUT2D eigenvalue weighted by Crippen LogP contribution is -2.19. The number of aliphatic imine (C=N–C) groups is 5. The van der Waals surface area contributed by atoms with Gasteiger partial charge in [-0.15, -0.1) is 0 Å². The van der Waals surface area contributed by atoms with Gasteiger partial charge in [-0.25, -0.2) is 9.59 Å². The maximum absolute atomic E-state index is 11.7. The summed E-state index contributed by atoms with van der Waals surface area (Å²) in [6.07, 6.45) is 16.9. The first-order chi connectivity index (χ1) is 58.2. The van der Waals surface area contributed by atoms with Crippen molar-refractivity contribution in [1.29, 1.82) is 0 Å². The second kappa shape index (κ2) is 45.9. The predicted octanol–water partition coefficient (Wildman–Crippen LogP) is 20.4. The van der Waals surface area contributed by atoms with Crippen LogP contribution in [0.4, 0.5) is 28.4 Å². The molecule has 0 saturated heterocycles. The monoisotopic (exact) mass is 1610 g/mol. The molecule has 0 aromatic heterocycles. The van der Waals surface area contributed by atoms with E-state index >= 15 is 0 Å². The number of ether oxygens (including phenoxy) is 12. The van der Waals surface area contributed by atoms with Gasteiger partial charge in [0.1, 0.15) is 65.0 Å². The lowest BCUT2D eigenvalue weighted by molar-refractivity contribution is -0.149. The minimum Gasteiger partial charge on any atom is -0.497 e. The Balaban J connectivity index is 0.000000146. The van der Waals surface area contributed by atoms with Gasteiger partial charge in [0.05, 0.1) is 90.4 Å². The molecule has 0 bridgehead atoms. The molecule has 1 N–H and O–H groups in total. The third kappa shape index (κ3) is 26.6. The van der Waals surface area contributed by atoms with Gasteiger partial charge in [0, 0.05) is 57.9 Å². The maximum Gasteiger partial charge on any atom is 0.344 e. The number of nitrogens with zero attached hydrogens (tertiary/aromatic N) is 5. The zero-order valence-electron chi connectivity index (χ0n) is 69.8. The zero-order chi connectivity index (χ0) is 83.5. The molecule has 15 rings (SSSR count). The molecule has 0 radical (unpaired) electrons. The summed E-state index contributed by atoms with van der Waals surface area (Å²) in [6, 6.07) is 71.8. The Hall–Kier alpha value is -12.4. The van der Waals surface area contributed by atoms with Crippen molar-refractivity contribution in [1.82, 2.24) is 0 Å². The number of esters is 2. The van der Waals surface area contributed by atoms with E-state index in [0.29, 0.717) is 31.3 Å². The minimum absolute atomic E-state index is 0.0177. The highest BCUT2D eigenvalue weighted by atomic mass is 16.6. The Labute approximate surface area is 699 Å². The van der Waals surface area contributed by atoms with Crippen molar-refractivity contribution in [3.8, 4) is 51.7 Å². The summed E-state index contributed by atoms with van der Waals surface area (Å²) in [5.74, 6) is 6.35. The SMILES string of the molecule is COC(=O)COc1ccc2c(c1)C(=Nc1ccc(OC)cc1)CCC2.COCCOc1ccc2c(c1)C(=Nc1ccc(OC)cc1)CCC2.COc1ccc(N=C2CCCCc3ccccc32)cc1.COc1ccc(N=C2CCCc3ccc(OCC(=O)OC(C)C)cc32)cc1.COc1ccc(N=C2CCCc3ccc(OCCO)cc32)cc1. The highest BCUT2D eigenvalue weighted by Gasteiger charge is 2.23. The lowest BCUT2D eigenvalue weighted by Gasteiger charge is -2.19. The lowest BCUT2D eigenvalue weighted by atomic mass is 9.90. The average molecular weight is 1610 g/mol. The summed E-state index contributed by atoms with van der Waals surface area (Å²) < 4.78 is 63.1. The number of aryl methyl sites for hydroxylation is 5. The molecule has 0 amide bonds. The quantitative estimate of drug-likeness (QED) is 0.0337. The minimum atomic E-state index is -0.398. The molecule has 0 fully saturated rings. The molecule has 5 aliphatic rings. The Kier molecular flexibility index (Phi) is 33.8. The van der Waals surface area contributed by atoms with E-state index in [4.69, 9.17) is 82.2 Å². The summed E-state index contributed by atoms with van der Waals surface area (Å²) >= 11 is 0. The first-order valence-corrected chi connectivity index (χ1v) is 40.8. The molecule has 0 unspecified atom stereocenters. The van der Waals surface area contributed by atoms with E-state index in [-0.39, 0.29) is 31.9 Å². The van der Waals surface area contributed by atoms with Gasteiger partial charge in [0.2, 0.25) is 0 Å². The number of benzene rings is 10. The fourth-order valence-electron chi connectivity index (χ4n) is 14.3. The van der Waals surface area contributed by atoms with E-state index in [0.717, 1.165) is 198 Å². The Morgan fingerprint density at radius 1 is 0.303 bits per heavy atom. The van der Waals surface area contributed by atoms with Gasteiger partial charge in [-0.1, -0.05) is 48.5 Å². The number of aliphatic hydroxyl groups is 1. The smallest absolute Gasteiger partial charge is 0.344 e. The van der Waals surface area contributed by atoms with Crippen molar-refractivity contribution in [2.75, 3.05) is 89.4 Å². The average Bonchev–Trinajstić information content (AvgIpc) is 1.25. The molecule has 20 heteroatoms. The molecule has 0 spiro atoms. The largest absolute Gasteiger partial charge is 0.497 e. The van der Waals surface area contributed by atoms with E-state index in [1.165, 1.54) is 64.6 Å². The molecule has 0 saturated carbocycles. The van der Waals surface area contributed by atoms with Crippen molar-refractivity contribution in [3.05, 3.63) is 274 Å². The normalized spacial score (nSPS) is 15.2. The van der Waals surface area contributed by atoms with Crippen LogP contribution >= 0.6 is 0 Å². The summed E-state index contributed by atoms with van der Waals surface area (Å²) in [7, 11) is 11.3. The van der Waals surface area contributed by atoms with Crippen molar-refractivity contribution in [2.45, 2.75) is 123 Å². The summed E-state index contributed by atoms with van der Waals surface area (Å²) in [5.41, 5.74) is 22.6. The number of rotatable bonds is 24. The van der Waals surface area contributed by atoms with Crippen LogP contribution in [0.2, 0.25) is 0 Å². The van der Waals surface area contributed by atoms with E-state index < -0.39 is 5.97 Å². The van der Waals surface area contributed by atoms with E-state index in [1.54, 1.807) is 42.7 Å². The van der Waals surface area contributed by atoms with Crippen LogP contribution in [0.3, 0.4) is 0 Å². The molecule has 10 aromatic carbocycles. The van der Waals surface area contributed by atoms with E-state index in [9.17, 15) is 9.59 Å². The van der Waals surface area contributed by atoms with E-state index in [1.807, 2.05) is 184 Å². The van der Waals surface area contributed by atoms with Gasteiger partial charge in [0.15, 0.2) is 13.2 Å². The topological polar surface area (TPSA) is 227 Å². The van der Waals surface area contributed by atoms with Crippen LogP contribution in [-0.4, -0.2) is 141 Å². The van der Waals surface area contributed by atoms with Gasteiger partial charge < -0.3 is 61.9 Å².